The number of nitrogens with zero attached hydrogens (tertiary/aromatic N) is 5. The van der Waals surface area contributed by atoms with Gasteiger partial charge in [0, 0.05) is 37.1 Å². The van der Waals surface area contributed by atoms with Gasteiger partial charge in [-0.25, -0.2) is 14.4 Å². The van der Waals surface area contributed by atoms with Crippen molar-refractivity contribution in [2.75, 3.05) is 18.9 Å². The first-order chi connectivity index (χ1) is 14.0. The lowest BCUT2D eigenvalue weighted by Crippen LogP contribution is -2.35. The zero-order chi connectivity index (χ0) is 20.4. The summed E-state index contributed by atoms with van der Waals surface area (Å²) in [6.45, 7) is 0.470. The Labute approximate surface area is 167 Å². The van der Waals surface area contributed by atoms with Crippen molar-refractivity contribution in [2.45, 2.75) is 18.9 Å². The number of anilines is 1. The molecule has 8 nitrogen and oxygen atoms in total. The van der Waals surface area contributed by atoms with E-state index >= 15 is 0 Å². The van der Waals surface area contributed by atoms with Crippen LogP contribution in [0.15, 0.2) is 42.9 Å². The van der Waals surface area contributed by atoms with Crippen LogP contribution in [0.3, 0.4) is 0 Å². The van der Waals surface area contributed by atoms with Crippen LogP contribution >= 0.6 is 0 Å². The highest BCUT2D eigenvalue weighted by atomic mass is 19.1. The summed E-state index contributed by atoms with van der Waals surface area (Å²) in [4.78, 5) is 23.2. The summed E-state index contributed by atoms with van der Waals surface area (Å²) in [5.74, 6) is 0.0889. The van der Waals surface area contributed by atoms with E-state index in [9.17, 15) is 9.18 Å². The second kappa shape index (κ2) is 7.86. The topological polar surface area (TPSA) is 99.2 Å². The third-order valence-corrected chi connectivity index (χ3v) is 4.92. The van der Waals surface area contributed by atoms with E-state index in [0.29, 0.717) is 18.0 Å². The second-order valence-electron chi connectivity index (χ2n) is 6.92. The van der Waals surface area contributed by atoms with Crippen molar-refractivity contribution in [1.82, 2.24) is 24.6 Å². The van der Waals surface area contributed by atoms with Crippen molar-refractivity contribution in [2.24, 2.45) is 7.05 Å². The van der Waals surface area contributed by atoms with Crippen LogP contribution in [0.5, 0.6) is 5.75 Å². The van der Waals surface area contributed by atoms with E-state index in [0.717, 1.165) is 24.0 Å². The first kappa shape index (κ1) is 18.9. The number of aromatic nitrogens is 4. The van der Waals surface area contributed by atoms with E-state index in [1.165, 1.54) is 24.3 Å². The van der Waals surface area contributed by atoms with Crippen LogP contribution in [0.1, 0.15) is 24.6 Å². The van der Waals surface area contributed by atoms with E-state index < -0.39 is 0 Å². The molecule has 0 saturated carbocycles. The Kier molecular flexibility index (Phi) is 5.11. The van der Waals surface area contributed by atoms with Gasteiger partial charge < -0.3 is 15.4 Å². The zero-order valence-electron chi connectivity index (χ0n) is 16.0. The molecule has 1 amide bonds. The second-order valence-corrected chi connectivity index (χ2v) is 6.92. The van der Waals surface area contributed by atoms with Crippen LogP contribution in [0.25, 0.3) is 11.1 Å². The molecule has 9 heteroatoms. The quantitative estimate of drug-likeness (QED) is 0.711. The Bertz CT molecular complexity index is 1020. The minimum atomic E-state index is -0.354. The minimum absolute atomic E-state index is 0.134. The number of hydrogen-bond donors (Lipinski definition) is 1. The lowest BCUT2D eigenvalue weighted by Gasteiger charge is -2.25. The van der Waals surface area contributed by atoms with Gasteiger partial charge in [0.15, 0.2) is 6.61 Å². The number of nitrogens with two attached hydrogens (primary N) is 1. The molecule has 0 spiro atoms. The molecule has 4 rings (SSSR count). The van der Waals surface area contributed by atoms with Crippen LogP contribution < -0.4 is 10.5 Å². The van der Waals surface area contributed by atoms with Crippen molar-refractivity contribution in [3.05, 3.63) is 54.4 Å². The summed E-state index contributed by atoms with van der Waals surface area (Å²) in [7, 11) is 1.83. The van der Waals surface area contributed by atoms with Gasteiger partial charge in [-0.15, -0.1) is 0 Å². The third kappa shape index (κ3) is 4.03. The van der Waals surface area contributed by atoms with Gasteiger partial charge >= 0.3 is 0 Å². The SMILES string of the molecule is Cn1cc(-c2cnc(N)nc2[C@@H]2CCCN2C(=O)COc2ccc(F)cc2)cn1. The van der Waals surface area contributed by atoms with Crippen molar-refractivity contribution < 1.29 is 13.9 Å². The number of benzene rings is 1. The molecule has 1 aliphatic heterocycles. The maximum absolute atomic E-state index is 13.0. The summed E-state index contributed by atoms with van der Waals surface area (Å²) in [6.07, 6.45) is 6.90. The predicted molar refractivity (Wildman–Crippen MR) is 104 cm³/mol. The van der Waals surface area contributed by atoms with Crippen molar-refractivity contribution in [3.8, 4) is 16.9 Å². The van der Waals surface area contributed by atoms with Gasteiger partial charge in [-0.2, -0.15) is 5.10 Å². The lowest BCUT2D eigenvalue weighted by molar-refractivity contribution is -0.134. The average molecular weight is 396 g/mol. The molecule has 0 radical (unpaired) electrons. The van der Waals surface area contributed by atoms with Crippen LogP contribution in [0, 0.1) is 5.82 Å². The molecule has 2 N–H and O–H groups in total. The number of likely N-dealkylation sites (tertiary alicyclic amines) is 1. The number of halogens is 1. The summed E-state index contributed by atoms with van der Waals surface area (Å²) < 4.78 is 20.3. The third-order valence-electron chi connectivity index (χ3n) is 4.92. The fourth-order valence-corrected chi connectivity index (χ4v) is 3.55. The molecule has 1 saturated heterocycles. The molecule has 1 atom stereocenters. The zero-order valence-corrected chi connectivity index (χ0v) is 16.0. The minimum Gasteiger partial charge on any atom is -0.484 e. The number of ether oxygens (including phenoxy) is 1. The van der Waals surface area contributed by atoms with Gasteiger partial charge in [0.05, 0.1) is 17.9 Å². The van der Waals surface area contributed by atoms with Crippen LogP contribution in [-0.2, 0) is 11.8 Å². The van der Waals surface area contributed by atoms with Gasteiger partial charge in [-0.05, 0) is 37.1 Å². The molecule has 1 aromatic carbocycles. The van der Waals surface area contributed by atoms with E-state index in [-0.39, 0.29) is 30.3 Å². The molecule has 0 bridgehead atoms. The van der Waals surface area contributed by atoms with E-state index in [1.807, 2.05) is 13.2 Å². The molecule has 150 valence electrons. The Morgan fingerprint density at radius 1 is 1.31 bits per heavy atom. The number of carbonyl (C=O) groups excluding carboxylic acids is 1. The summed E-state index contributed by atoms with van der Waals surface area (Å²) in [6, 6.07) is 5.36. The monoisotopic (exact) mass is 396 g/mol. The number of nitrogen functional groups attached to an aromatic ring is 1. The fraction of sp³-hybridized carbons (Fsp3) is 0.300. The molecule has 2 aromatic heterocycles. The van der Waals surface area contributed by atoms with Crippen molar-refractivity contribution in [3.63, 3.8) is 0 Å². The Hall–Kier alpha value is -3.49. The molecule has 3 heterocycles. The maximum atomic E-state index is 13.0. The first-order valence-corrected chi connectivity index (χ1v) is 9.30. The molecular weight excluding hydrogens is 375 g/mol. The van der Waals surface area contributed by atoms with E-state index in [2.05, 4.69) is 15.1 Å². The number of amides is 1. The molecule has 0 unspecified atom stereocenters. The fourth-order valence-electron chi connectivity index (χ4n) is 3.55. The number of rotatable bonds is 5. The van der Waals surface area contributed by atoms with Crippen LogP contribution in [0.4, 0.5) is 10.3 Å². The highest BCUT2D eigenvalue weighted by Crippen LogP contribution is 2.36. The predicted octanol–water partition coefficient (Wildman–Crippen LogP) is 2.34. The van der Waals surface area contributed by atoms with Gasteiger partial charge in [0.1, 0.15) is 11.6 Å². The van der Waals surface area contributed by atoms with Gasteiger partial charge in [-0.1, -0.05) is 0 Å². The average Bonchev–Trinajstić information content (AvgIpc) is 3.36. The summed E-state index contributed by atoms with van der Waals surface area (Å²) >= 11 is 0. The smallest absolute Gasteiger partial charge is 0.261 e. The van der Waals surface area contributed by atoms with Crippen molar-refractivity contribution >= 4 is 11.9 Å². The standard InChI is InChI=1S/C20H21FN6O2/c1-26-11-13(9-24-26)16-10-23-20(22)25-19(16)17-3-2-8-27(17)18(28)12-29-15-6-4-14(21)5-7-15/h4-7,9-11,17H,2-3,8,12H2,1H3,(H2,22,23,25)/t17-/m0/s1. The Morgan fingerprint density at radius 2 is 2.10 bits per heavy atom. The normalized spacial score (nSPS) is 16.2. The molecule has 1 fully saturated rings. The van der Waals surface area contributed by atoms with E-state index in [1.54, 1.807) is 22.0 Å². The largest absolute Gasteiger partial charge is 0.484 e. The Balaban J connectivity index is 1.56. The summed E-state index contributed by atoms with van der Waals surface area (Å²) in [5, 5.41) is 4.21. The number of hydrogen-bond acceptors (Lipinski definition) is 6. The maximum Gasteiger partial charge on any atom is 0.261 e. The highest BCUT2D eigenvalue weighted by molar-refractivity contribution is 5.79. The molecule has 1 aliphatic rings. The molecule has 3 aromatic rings. The van der Waals surface area contributed by atoms with Crippen LogP contribution in [0.2, 0.25) is 0 Å². The molecule has 0 aliphatic carbocycles. The number of carbonyl (C=O) groups is 1. The molecule has 29 heavy (non-hydrogen) atoms. The summed E-state index contributed by atoms with van der Waals surface area (Å²) in [5.41, 5.74) is 8.22. The lowest BCUT2D eigenvalue weighted by atomic mass is 10.0. The van der Waals surface area contributed by atoms with E-state index in [4.69, 9.17) is 10.5 Å². The van der Waals surface area contributed by atoms with Gasteiger partial charge in [0.25, 0.3) is 5.91 Å². The Morgan fingerprint density at radius 3 is 2.83 bits per heavy atom. The molecular formula is C20H21FN6O2. The first-order valence-electron chi connectivity index (χ1n) is 9.30. The van der Waals surface area contributed by atoms with Crippen molar-refractivity contribution in [1.29, 1.82) is 0 Å². The highest BCUT2D eigenvalue weighted by Gasteiger charge is 2.33. The van der Waals surface area contributed by atoms with Gasteiger partial charge in [-0.3, -0.25) is 9.48 Å². The number of aryl methyl sites for hydroxylation is 1. The van der Waals surface area contributed by atoms with Gasteiger partial charge in [0.2, 0.25) is 5.95 Å². The van der Waals surface area contributed by atoms with Crippen LogP contribution in [-0.4, -0.2) is 43.7 Å².